The normalized spacial score (nSPS) is 13.6. The number of rotatable bonds is 5. The summed E-state index contributed by atoms with van der Waals surface area (Å²) in [5.74, 6) is 0.0863. The van der Waals surface area contributed by atoms with Gasteiger partial charge in [0, 0.05) is 18.5 Å². The average molecular weight is 462 g/mol. The minimum atomic E-state index is -0.383. The predicted octanol–water partition coefficient (Wildman–Crippen LogP) is 3.96. The molecule has 8 nitrogen and oxygen atoms in total. The summed E-state index contributed by atoms with van der Waals surface area (Å²) in [7, 11) is 0. The first-order valence-corrected chi connectivity index (χ1v) is 11.7. The summed E-state index contributed by atoms with van der Waals surface area (Å²) < 4.78 is 2.88. The Kier molecular flexibility index (Phi) is 6.68. The first-order chi connectivity index (χ1) is 16.2. The molecule has 0 unspecified atom stereocenters. The van der Waals surface area contributed by atoms with Crippen LogP contribution in [0.1, 0.15) is 61.8 Å². The molecule has 34 heavy (non-hydrogen) atoms. The van der Waals surface area contributed by atoms with Crippen molar-refractivity contribution in [3.05, 3.63) is 76.0 Å². The van der Waals surface area contributed by atoms with E-state index in [-0.39, 0.29) is 29.5 Å². The number of nitrogens with zero attached hydrogens (tertiary/aromatic N) is 3. The quantitative estimate of drug-likeness (QED) is 0.601. The topological polar surface area (TPSA) is 98.0 Å². The van der Waals surface area contributed by atoms with E-state index in [1.807, 2.05) is 12.1 Å². The Bertz CT molecular complexity index is 1250. The summed E-state index contributed by atoms with van der Waals surface area (Å²) in [6.07, 6.45) is 3.76. The number of anilines is 2. The van der Waals surface area contributed by atoms with Crippen molar-refractivity contribution in [2.75, 3.05) is 10.6 Å². The number of hydrogen-bond donors (Lipinski definition) is 2. The first kappa shape index (κ1) is 23.5. The van der Waals surface area contributed by atoms with Gasteiger partial charge < -0.3 is 10.6 Å². The Hall–Kier alpha value is -3.68. The lowest BCUT2D eigenvalue weighted by Crippen LogP contribution is -2.30. The summed E-state index contributed by atoms with van der Waals surface area (Å²) in [5.41, 5.74) is 2.35. The van der Waals surface area contributed by atoms with E-state index in [1.54, 1.807) is 41.0 Å². The van der Waals surface area contributed by atoms with Crippen LogP contribution in [0.25, 0.3) is 0 Å². The van der Waals surface area contributed by atoms with Gasteiger partial charge in [0.15, 0.2) is 0 Å². The van der Waals surface area contributed by atoms with E-state index in [4.69, 9.17) is 0 Å². The van der Waals surface area contributed by atoms with Gasteiger partial charge >= 0.3 is 5.69 Å². The Balaban J connectivity index is 1.45. The molecule has 8 heteroatoms. The predicted molar refractivity (Wildman–Crippen MR) is 132 cm³/mol. The van der Waals surface area contributed by atoms with Crippen LogP contribution in [0.15, 0.2) is 53.3 Å². The Labute approximate surface area is 199 Å². The summed E-state index contributed by atoms with van der Waals surface area (Å²) in [6, 6.07) is 14.5. The molecule has 0 bridgehead atoms. The monoisotopic (exact) mass is 461 g/mol. The number of carbonyl (C=O) groups excluding carboxylic acids is 2. The first-order valence-electron chi connectivity index (χ1n) is 11.7. The maximum Gasteiger partial charge on any atom is 0.346 e. The molecule has 4 rings (SSSR count). The second-order valence-electron chi connectivity index (χ2n) is 9.69. The molecule has 2 amide bonds. The third-order valence-corrected chi connectivity index (χ3v) is 6.04. The Morgan fingerprint density at radius 2 is 1.62 bits per heavy atom. The average Bonchev–Trinajstić information content (AvgIpc) is 2.95. The molecule has 0 atom stereocenters. The van der Waals surface area contributed by atoms with Gasteiger partial charge in [0.2, 0.25) is 5.91 Å². The number of aryl methyl sites for hydroxylation is 1. The molecule has 2 N–H and O–H groups in total. The zero-order valence-corrected chi connectivity index (χ0v) is 19.9. The van der Waals surface area contributed by atoms with Crippen molar-refractivity contribution in [2.24, 2.45) is 0 Å². The fraction of sp³-hybridized carbons (Fsp3) is 0.385. The van der Waals surface area contributed by atoms with E-state index in [2.05, 4.69) is 36.5 Å². The fourth-order valence-corrected chi connectivity index (χ4v) is 4.07. The smallest absolute Gasteiger partial charge is 0.323 e. The van der Waals surface area contributed by atoms with Gasteiger partial charge in [0.25, 0.3) is 5.91 Å². The number of para-hydroxylation sites is 2. The van der Waals surface area contributed by atoms with Crippen LogP contribution < -0.4 is 16.3 Å². The van der Waals surface area contributed by atoms with Gasteiger partial charge in [-0.05, 0) is 48.1 Å². The van der Waals surface area contributed by atoms with Crippen LogP contribution in [0, 0.1) is 0 Å². The van der Waals surface area contributed by atoms with E-state index in [0.717, 1.165) is 37.1 Å². The zero-order valence-electron chi connectivity index (χ0n) is 19.9. The number of hydrogen-bond acceptors (Lipinski definition) is 4. The molecule has 178 valence electrons. The van der Waals surface area contributed by atoms with E-state index in [9.17, 15) is 14.4 Å². The third kappa shape index (κ3) is 5.27. The highest BCUT2D eigenvalue weighted by molar-refractivity contribution is 6.07. The highest BCUT2D eigenvalue weighted by Crippen LogP contribution is 2.24. The molecule has 1 aliphatic heterocycles. The minimum absolute atomic E-state index is 0.00141. The number of fused-ring (bicyclic) bond motifs is 1. The van der Waals surface area contributed by atoms with Gasteiger partial charge in [-0.25, -0.2) is 9.48 Å². The molecule has 0 spiro atoms. The third-order valence-electron chi connectivity index (χ3n) is 6.04. The lowest BCUT2D eigenvalue weighted by Gasteiger charge is -2.19. The molecular formula is C26H31N5O3. The molecule has 0 aliphatic carbocycles. The largest absolute Gasteiger partial charge is 0.346 e. The lowest BCUT2D eigenvalue weighted by molar-refractivity contribution is -0.117. The van der Waals surface area contributed by atoms with Crippen molar-refractivity contribution in [1.29, 1.82) is 0 Å². The highest BCUT2D eigenvalue weighted by atomic mass is 16.2. The highest BCUT2D eigenvalue weighted by Gasteiger charge is 2.19. The lowest BCUT2D eigenvalue weighted by atomic mass is 9.87. The molecule has 0 saturated heterocycles. The number of aromatic nitrogens is 3. The van der Waals surface area contributed by atoms with Crippen molar-refractivity contribution in [3.63, 3.8) is 0 Å². The molecular weight excluding hydrogens is 430 g/mol. The van der Waals surface area contributed by atoms with Gasteiger partial charge in [0.05, 0.1) is 11.4 Å². The maximum absolute atomic E-state index is 12.8. The van der Waals surface area contributed by atoms with Crippen LogP contribution in [0.4, 0.5) is 11.4 Å². The van der Waals surface area contributed by atoms with E-state index < -0.39 is 0 Å². The van der Waals surface area contributed by atoms with Crippen LogP contribution >= 0.6 is 0 Å². The fourth-order valence-electron chi connectivity index (χ4n) is 4.07. The summed E-state index contributed by atoms with van der Waals surface area (Å²) in [4.78, 5) is 38.2. The van der Waals surface area contributed by atoms with Crippen LogP contribution in [0.2, 0.25) is 0 Å². The second kappa shape index (κ2) is 9.67. The molecule has 2 aromatic carbocycles. The minimum Gasteiger partial charge on any atom is -0.323 e. The van der Waals surface area contributed by atoms with Crippen molar-refractivity contribution >= 4 is 23.2 Å². The van der Waals surface area contributed by atoms with Crippen molar-refractivity contribution < 1.29 is 9.59 Å². The molecule has 0 fully saturated rings. The van der Waals surface area contributed by atoms with E-state index in [0.29, 0.717) is 23.5 Å². The van der Waals surface area contributed by atoms with Crippen LogP contribution in [-0.4, -0.2) is 26.2 Å². The number of amides is 2. The Morgan fingerprint density at radius 1 is 0.941 bits per heavy atom. The van der Waals surface area contributed by atoms with Gasteiger partial charge in [-0.2, -0.15) is 5.10 Å². The number of carbonyl (C=O) groups is 2. The second-order valence-corrected chi connectivity index (χ2v) is 9.69. The number of benzene rings is 2. The summed E-state index contributed by atoms with van der Waals surface area (Å²) in [6.45, 7) is 6.82. The van der Waals surface area contributed by atoms with Gasteiger partial charge in [-0.15, -0.1) is 0 Å². The molecule has 1 aromatic heterocycles. The molecule has 1 aliphatic rings. The zero-order chi connectivity index (χ0) is 24.3. The number of nitrogens with one attached hydrogen (secondary N) is 2. The van der Waals surface area contributed by atoms with Crippen LogP contribution in [0.3, 0.4) is 0 Å². The Morgan fingerprint density at radius 3 is 2.29 bits per heavy atom. The summed E-state index contributed by atoms with van der Waals surface area (Å²) >= 11 is 0. The van der Waals surface area contributed by atoms with Crippen LogP contribution in [0.5, 0.6) is 0 Å². The SMILES string of the molecule is CC(C)(C)c1ccc(C(=O)Nc2ccccc2NC(=O)Cn2nc3n(c2=O)CCCCC3)cc1. The van der Waals surface area contributed by atoms with E-state index in [1.165, 1.54) is 4.68 Å². The summed E-state index contributed by atoms with van der Waals surface area (Å²) in [5, 5.41) is 10.0. The van der Waals surface area contributed by atoms with Gasteiger partial charge in [0.1, 0.15) is 12.4 Å². The standard InChI is InChI=1S/C26H31N5O3/c1-26(2,3)19-14-12-18(13-15-19)24(33)28-21-10-7-6-9-20(21)27-23(32)17-31-25(34)30-16-8-4-5-11-22(30)29-31/h6-7,9-10,12-15H,4-5,8,11,16-17H2,1-3H3,(H,27,32)(H,28,33). The van der Waals surface area contributed by atoms with Crippen molar-refractivity contribution in [3.8, 4) is 0 Å². The van der Waals surface area contributed by atoms with Gasteiger partial charge in [-0.1, -0.05) is 51.5 Å². The van der Waals surface area contributed by atoms with Gasteiger partial charge in [-0.3, -0.25) is 14.2 Å². The van der Waals surface area contributed by atoms with Crippen LogP contribution in [-0.2, 0) is 29.7 Å². The molecule has 0 saturated carbocycles. The maximum atomic E-state index is 12.8. The molecule has 2 heterocycles. The van der Waals surface area contributed by atoms with E-state index >= 15 is 0 Å². The molecule has 0 radical (unpaired) electrons. The van der Waals surface area contributed by atoms with Crippen molar-refractivity contribution in [1.82, 2.24) is 14.3 Å². The molecule has 3 aromatic rings. The van der Waals surface area contributed by atoms with Crippen molar-refractivity contribution in [2.45, 2.75) is 65.0 Å².